The Balaban J connectivity index is 2.41. The van der Waals surface area contributed by atoms with Crippen molar-refractivity contribution in [1.82, 2.24) is 5.32 Å². The molecule has 18 heavy (non-hydrogen) atoms. The van der Waals surface area contributed by atoms with Crippen LogP contribution in [0.2, 0.25) is 0 Å². The van der Waals surface area contributed by atoms with Crippen LogP contribution in [0.25, 0.3) is 0 Å². The van der Waals surface area contributed by atoms with Gasteiger partial charge in [-0.1, -0.05) is 18.2 Å². The SMILES string of the molecule is CCN1c2ccccc2CNC(=O)C1CC(=O)O. The molecule has 1 aliphatic rings. The molecule has 0 fully saturated rings. The Labute approximate surface area is 105 Å². The van der Waals surface area contributed by atoms with E-state index >= 15 is 0 Å². The number of rotatable bonds is 3. The second-order valence-corrected chi connectivity index (χ2v) is 4.25. The molecule has 1 aromatic carbocycles. The molecule has 1 aromatic rings. The molecule has 0 spiro atoms. The highest BCUT2D eigenvalue weighted by atomic mass is 16.4. The van der Waals surface area contributed by atoms with Crippen molar-refractivity contribution < 1.29 is 14.7 Å². The molecular formula is C13H16N2O3. The number of para-hydroxylation sites is 1. The number of amides is 1. The van der Waals surface area contributed by atoms with Crippen molar-refractivity contribution in [2.24, 2.45) is 0 Å². The maximum Gasteiger partial charge on any atom is 0.305 e. The molecule has 2 N–H and O–H groups in total. The molecule has 0 saturated heterocycles. The highest BCUT2D eigenvalue weighted by Crippen LogP contribution is 2.26. The third-order valence-corrected chi connectivity index (χ3v) is 3.14. The highest BCUT2D eigenvalue weighted by molar-refractivity contribution is 5.90. The predicted octanol–water partition coefficient (Wildman–Crippen LogP) is 0.986. The molecule has 2 rings (SSSR count). The minimum atomic E-state index is -0.965. The first-order valence-electron chi connectivity index (χ1n) is 5.97. The standard InChI is InChI=1S/C13H16N2O3/c1-2-15-10-6-4-3-5-9(10)8-14-13(18)11(15)7-12(16)17/h3-6,11H,2,7-8H2,1H3,(H,14,18)(H,16,17). The Kier molecular flexibility index (Phi) is 3.50. The van der Waals surface area contributed by atoms with Gasteiger partial charge in [-0.2, -0.15) is 0 Å². The summed E-state index contributed by atoms with van der Waals surface area (Å²) < 4.78 is 0. The predicted molar refractivity (Wildman–Crippen MR) is 67.3 cm³/mol. The van der Waals surface area contributed by atoms with Crippen molar-refractivity contribution in [3.63, 3.8) is 0 Å². The van der Waals surface area contributed by atoms with E-state index in [9.17, 15) is 9.59 Å². The molecular weight excluding hydrogens is 232 g/mol. The van der Waals surface area contributed by atoms with Crippen molar-refractivity contribution in [2.75, 3.05) is 11.4 Å². The van der Waals surface area contributed by atoms with E-state index in [0.29, 0.717) is 13.1 Å². The van der Waals surface area contributed by atoms with Gasteiger partial charge in [0.25, 0.3) is 0 Å². The van der Waals surface area contributed by atoms with E-state index in [4.69, 9.17) is 5.11 Å². The highest BCUT2D eigenvalue weighted by Gasteiger charge is 2.31. The van der Waals surface area contributed by atoms with Gasteiger partial charge >= 0.3 is 5.97 Å². The second kappa shape index (κ2) is 5.08. The first-order valence-corrected chi connectivity index (χ1v) is 5.97. The lowest BCUT2D eigenvalue weighted by Gasteiger charge is -2.29. The van der Waals surface area contributed by atoms with Crippen LogP contribution < -0.4 is 10.2 Å². The number of carboxylic acids is 1. The van der Waals surface area contributed by atoms with Crippen LogP contribution >= 0.6 is 0 Å². The number of carbonyl (C=O) groups is 2. The van der Waals surface area contributed by atoms with E-state index in [2.05, 4.69) is 5.32 Å². The Morgan fingerprint density at radius 2 is 2.22 bits per heavy atom. The number of likely N-dealkylation sites (N-methyl/N-ethyl adjacent to an activating group) is 1. The van der Waals surface area contributed by atoms with E-state index in [1.54, 1.807) is 0 Å². The van der Waals surface area contributed by atoms with Gasteiger partial charge in [-0.05, 0) is 18.6 Å². The second-order valence-electron chi connectivity index (χ2n) is 4.25. The summed E-state index contributed by atoms with van der Waals surface area (Å²) in [6, 6.07) is 7.04. The number of aliphatic carboxylic acids is 1. The van der Waals surface area contributed by atoms with E-state index in [-0.39, 0.29) is 12.3 Å². The van der Waals surface area contributed by atoms with Gasteiger partial charge in [-0.15, -0.1) is 0 Å². The third kappa shape index (κ3) is 2.30. The van der Waals surface area contributed by atoms with Crippen molar-refractivity contribution in [2.45, 2.75) is 25.9 Å². The first kappa shape index (κ1) is 12.4. The van der Waals surface area contributed by atoms with Crippen LogP contribution in [0.5, 0.6) is 0 Å². The number of hydrogen-bond acceptors (Lipinski definition) is 3. The zero-order chi connectivity index (χ0) is 13.1. The summed E-state index contributed by atoms with van der Waals surface area (Å²) in [4.78, 5) is 24.7. The molecule has 0 bridgehead atoms. The summed E-state index contributed by atoms with van der Waals surface area (Å²) in [6.45, 7) is 2.97. The van der Waals surface area contributed by atoms with E-state index in [1.165, 1.54) is 0 Å². The van der Waals surface area contributed by atoms with Crippen LogP contribution in [0.4, 0.5) is 5.69 Å². The molecule has 0 radical (unpaired) electrons. The third-order valence-electron chi connectivity index (χ3n) is 3.14. The molecule has 5 heteroatoms. The molecule has 1 heterocycles. The Morgan fingerprint density at radius 1 is 1.50 bits per heavy atom. The molecule has 0 aliphatic carbocycles. The molecule has 0 aromatic heterocycles. The summed E-state index contributed by atoms with van der Waals surface area (Å²) in [5.41, 5.74) is 1.95. The van der Waals surface area contributed by atoms with Gasteiger partial charge in [0.15, 0.2) is 0 Å². The molecule has 1 amide bonds. The zero-order valence-corrected chi connectivity index (χ0v) is 10.2. The van der Waals surface area contributed by atoms with Gasteiger partial charge in [0.1, 0.15) is 6.04 Å². The van der Waals surface area contributed by atoms with E-state index in [1.807, 2.05) is 36.1 Å². The normalized spacial score (nSPS) is 18.8. The van der Waals surface area contributed by atoms with Gasteiger partial charge in [0.2, 0.25) is 5.91 Å². The van der Waals surface area contributed by atoms with Gasteiger partial charge in [-0.25, -0.2) is 0 Å². The molecule has 1 aliphatic heterocycles. The van der Waals surface area contributed by atoms with Crippen LogP contribution in [-0.4, -0.2) is 29.6 Å². The fourth-order valence-electron chi connectivity index (χ4n) is 2.31. The number of carbonyl (C=O) groups excluding carboxylic acids is 1. The largest absolute Gasteiger partial charge is 0.481 e. The Morgan fingerprint density at radius 3 is 2.89 bits per heavy atom. The Bertz CT molecular complexity index is 473. The van der Waals surface area contributed by atoms with Crippen LogP contribution in [-0.2, 0) is 16.1 Å². The minimum absolute atomic E-state index is 0.187. The average molecular weight is 248 g/mol. The van der Waals surface area contributed by atoms with Gasteiger partial charge < -0.3 is 15.3 Å². The van der Waals surface area contributed by atoms with Crippen molar-refractivity contribution in [3.8, 4) is 0 Å². The van der Waals surface area contributed by atoms with Gasteiger partial charge in [0, 0.05) is 18.8 Å². The van der Waals surface area contributed by atoms with Crippen molar-refractivity contribution in [1.29, 1.82) is 0 Å². The Hall–Kier alpha value is -2.04. The summed E-state index contributed by atoms with van der Waals surface area (Å²) in [5, 5.41) is 11.7. The van der Waals surface area contributed by atoms with Crippen LogP contribution in [0, 0.1) is 0 Å². The van der Waals surface area contributed by atoms with Crippen molar-refractivity contribution in [3.05, 3.63) is 29.8 Å². The lowest BCUT2D eigenvalue weighted by Crippen LogP contribution is -2.46. The number of fused-ring (bicyclic) bond motifs is 1. The average Bonchev–Trinajstić information content (AvgIpc) is 2.48. The maximum absolute atomic E-state index is 12.0. The summed E-state index contributed by atoms with van der Waals surface area (Å²) >= 11 is 0. The van der Waals surface area contributed by atoms with Crippen LogP contribution in [0.1, 0.15) is 18.9 Å². The number of nitrogens with zero attached hydrogens (tertiary/aromatic N) is 1. The quantitative estimate of drug-likeness (QED) is 0.836. The van der Waals surface area contributed by atoms with Gasteiger partial charge in [0.05, 0.1) is 6.42 Å². The molecule has 1 atom stereocenters. The number of carboxylic acid groups (broad SMARTS) is 1. The fourth-order valence-corrected chi connectivity index (χ4v) is 2.31. The fraction of sp³-hybridized carbons (Fsp3) is 0.385. The van der Waals surface area contributed by atoms with Crippen LogP contribution in [0.15, 0.2) is 24.3 Å². The molecule has 0 saturated carbocycles. The monoisotopic (exact) mass is 248 g/mol. The molecule has 1 unspecified atom stereocenters. The lowest BCUT2D eigenvalue weighted by atomic mass is 10.1. The lowest BCUT2D eigenvalue weighted by molar-refractivity contribution is -0.139. The summed E-state index contributed by atoms with van der Waals surface area (Å²) in [5.74, 6) is -1.19. The minimum Gasteiger partial charge on any atom is -0.481 e. The maximum atomic E-state index is 12.0. The number of nitrogens with one attached hydrogen (secondary N) is 1. The number of hydrogen-bond donors (Lipinski definition) is 2. The van der Waals surface area contributed by atoms with E-state index < -0.39 is 12.0 Å². The van der Waals surface area contributed by atoms with Gasteiger partial charge in [-0.3, -0.25) is 9.59 Å². The number of benzene rings is 1. The first-order chi connectivity index (χ1) is 8.63. The summed E-state index contributed by atoms with van der Waals surface area (Å²) in [7, 11) is 0. The zero-order valence-electron chi connectivity index (χ0n) is 10.2. The molecule has 96 valence electrons. The van der Waals surface area contributed by atoms with Crippen molar-refractivity contribution >= 4 is 17.6 Å². The topological polar surface area (TPSA) is 69.6 Å². The van der Waals surface area contributed by atoms with Crippen LogP contribution in [0.3, 0.4) is 0 Å². The number of anilines is 1. The molecule has 5 nitrogen and oxygen atoms in total. The smallest absolute Gasteiger partial charge is 0.305 e. The summed E-state index contributed by atoms with van der Waals surface area (Å²) in [6.07, 6.45) is -0.187. The van der Waals surface area contributed by atoms with E-state index in [0.717, 1.165) is 11.3 Å².